The van der Waals surface area contributed by atoms with Crippen LogP contribution in [0, 0.1) is 0 Å². The molecule has 96 valence electrons. The normalized spacial score (nSPS) is 10.6. The van der Waals surface area contributed by atoms with Gasteiger partial charge in [-0.25, -0.2) is 0 Å². The molecule has 2 heteroatoms. The van der Waals surface area contributed by atoms with Crippen molar-refractivity contribution in [2.24, 2.45) is 0 Å². The van der Waals surface area contributed by atoms with E-state index >= 15 is 0 Å². The van der Waals surface area contributed by atoms with Crippen LogP contribution in [0.25, 0.3) is 0 Å². The Kier molecular flexibility index (Phi) is 14.3. The molecular formula is C14H29NO. The highest BCUT2D eigenvalue weighted by atomic mass is 16.1. The maximum atomic E-state index is 10.1. The lowest BCUT2D eigenvalue weighted by Crippen LogP contribution is -2.16. The third kappa shape index (κ3) is 13.6. The molecule has 0 aliphatic rings. The Morgan fingerprint density at radius 3 is 1.94 bits per heavy atom. The summed E-state index contributed by atoms with van der Waals surface area (Å²) in [7, 11) is 0. The second kappa shape index (κ2) is 14.6. The molecule has 0 atom stereocenters. The van der Waals surface area contributed by atoms with E-state index in [0.29, 0.717) is 0 Å². The topological polar surface area (TPSA) is 29.1 Å². The van der Waals surface area contributed by atoms with Crippen molar-refractivity contribution in [3.63, 3.8) is 0 Å². The van der Waals surface area contributed by atoms with E-state index in [9.17, 15) is 4.79 Å². The molecule has 0 aromatic carbocycles. The Labute approximate surface area is 101 Å². The summed E-state index contributed by atoms with van der Waals surface area (Å²) in [6, 6.07) is 0. The molecule has 0 radical (unpaired) electrons. The van der Waals surface area contributed by atoms with Gasteiger partial charge in [-0.3, -0.25) is 0 Å². The van der Waals surface area contributed by atoms with E-state index in [4.69, 9.17) is 0 Å². The largest absolute Gasteiger partial charge is 0.317 e. The summed E-state index contributed by atoms with van der Waals surface area (Å²) in [5.41, 5.74) is 0. The van der Waals surface area contributed by atoms with Gasteiger partial charge in [0.1, 0.15) is 6.29 Å². The second-order valence-electron chi connectivity index (χ2n) is 4.53. The Morgan fingerprint density at radius 2 is 1.38 bits per heavy atom. The van der Waals surface area contributed by atoms with Crippen LogP contribution in [0.1, 0.15) is 71.1 Å². The van der Waals surface area contributed by atoms with Crippen LogP contribution in [0.4, 0.5) is 0 Å². The first kappa shape index (κ1) is 15.6. The summed E-state index contributed by atoms with van der Waals surface area (Å²) >= 11 is 0. The van der Waals surface area contributed by atoms with Crippen molar-refractivity contribution in [3.05, 3.63) is 0 Å². The number of rotatable bonds is 13. The molecule has 0 aromatic heterocycles. The molecule has 0 fully saturated rings. The van der Waals surface area contributed by atoms with Crippen molar-refractivity contribution >= 4 is 6.29 Å². The predicted octanol–water partition coefficient (Wildman–Crippen LogP) is 3.70. The monoisotopic (exact) mass is 227 g/mol. The lowest BCUT2D eigenvalue weighted by molar-refractivity contribution is -0.107. The van der Waals surface area contributed by atoms with Gasteiger partial charge < -0.3 is 10.1 Å². The third-order valence-corrected chi connectivity index (χ3v) is 2.88. The van der Waals surface area contributed by atoms with Crippen LogP contribution in [0.3, 0.4) is 0 Å². The number of carbonyl (C=O) groups excluding carboxylic acids is 1. The molecule has 16 heavy (non-hydrogen) atoms. The van der Waals surface area contributed by atoms with Gasteiger partial charge in [0.15, 0.2) is 0 Å². The summed E-state index contributed by atoms with van der Waals surface area (Å²) in [5, 5.41) is 3.48. The van der Waals surface area contributed by atoms with Gasteiger partial charge in [-0.05, 0) is 32.4 Å². The Bertz CT molecular complexity index is 137. The zero-order chi connectivity index (χ0) is 11.9. The van der Waals surface area contributed by atoms with Crippen LogP contribution in [0.2, 0.25) is 0 Å². The SMILES string of the molecule is CCCCCCCNCCCCCCC=O. The third-order valence-electron chi connectivity index (χ3n) is 2.88. The number of aldehydes is 1. The van der Waals surface area contributed by atoms with E-state index in [2.05, 4.69) is 12.2 Å². The summed E-state index contributed by atoms with van der Waals surface area (Å²) in [6.07, 6.45) is 13.4. The van der Waals surface area contributed by atoms with Gasteiger partial charge in [0.2, 0.25) is 0 Å². The molecule has 0 spiro atoms. The predicted molar refractivity (Wildman–Crippen MR) is 70.8 cm³/mol. The number of unbranched alkanes of at least 4 members (excludes halogenated alkanes) is 8. The van der Waals surface area contributed by atoms with Crippen LogP contribution in [-0.2, 0) is 4.79 Å². The maximum absolute atomic E-state index is 10.1. The van der Waals surface area contributed by atoms with E-state index in [0.717, 1.165) is 25.7 Å². The molecule has 0 heterocycles. The first-order chi connectivity index (χ1) is 7.91. The lowest BCUT2D eigenvalue weighted by atomic mass is 10.1. The smallest absolute Gasteiger partial charge is 0.119 e. The number of nitrogens with one attached hydrogen (secondary N) is 1. The molecule has 0 aromatic rings. The van der Waals surface area contributed by atoms with Gasteiger partial charge in [-0.15, -0.1) is 0 Å². The fourth-order valence-electron chi connectivity index (χ4n) is 1.81. The minimum absolute atomic E-state index is 0.741. The van der Waals surface area contributed by atoms with Crippen LogP contribution in [0.5, 0.6) is 0 Å². The maximum Gasteiger partial charge on any atom is 0.119 e. The average Bonchev–Trinajstić information content (AvgIpc) is 2.31. The van der Waals surface area contributed by atoms with Gasteiger partial charge >= 0.3 is 0 Å². The standard InChI is InChI=1S/C14H29NO/c1-2-3-4-6-9-12-15-13-10-7-5-8-11-14-16/h14-15H,2-13H2,1H3. The quantitative estimate of drug-likeness (QED) is 0.384. The molecule has 0 aliphatic heterocycles. The van der Waals surface area contributed by atoms with E-state index in [1.165, 1.54) is 57.9 Å². The van der Waals surface area contributed by atoms with Crippen LogP contribution < -0.4 is 5.32 Å². The van der Waals surface area contributed by atoms with Crippen molar-refractivity contribution in [1.29, 1.82) is 0 Å². The Hall–Kier alpha value is -0.370. The molecule has 0 bridgehead atoms. The number of carbonyl (C=O) groups is 1. The molecule has 0 unspecified atom stereocenters. The van der Waals surface area contributed by atoms with Crippen molar-refractivity contribution in [1.82, 2.24) is 5.32 Å². The average molecular weight is 227 g/mol. The highest BCUT2D eigenvalue weighted by Crippen LogP contribution is 2.02. The van der Waals surface area contributed by atoms with Gasteiger partial charge in [0.05, 0.1) is 0 Å². The first-order valence-electron chi connectivity index (χ1n) is 7.06. The zero-order valence-corrected chi connectivity index (χ0v) is 11.0. The summed E-state index contributed by atoms with van der Waals surface area (Å²) in [5.74, 6) is 0. The fraction of sp³-hybridized carbons (Fsp3) is 0.929. The summed E-state index contributed by atoms with van der Waals surface area (Å²) in [4.78, 5) is 10.1. The number of hydrogen-bond acceptors (Lipinski definition) is 2. The first-order valence-corrected chi connectivity index (χ1v) is 7.06. The number of hydrogen-bond donors (Lipinski definition) is 1. The highest BCUT2D eigenvalue weighted by molar-refractivity contribution is 5.48. The van der Waals surface area contributed by atoms with Crippen LogP contribution in [-0.4, -0.2) is 19.4 Å². The van der Waals surface area contributed by atoms with E-state index < -0.39 is 0 Å². The molecule has 2 nitrogen and oxygen atoms in total. The molecule has 0 aliphatic carbocycles. The van der Waals surface area contributed by atoms with Crippen LogP contribution >= 0.6 is 0 Å². The Balaban J connectivity index is 2.85. The molecule has 0 amide bonds. The highest BCUT2D eigenvalue weighted by Gasteiger charge is 1.91. The molecular weight excluding hydrogens is 198 g/mol. The molecule has 1 N–H and O–H groups in total. The molecule has 0 saturated carbocycles. The molecule has 0 saturated heterocycles. The van der Waals surface area contributed by atoms with Gasteiger partial charge in [0.25, 0.3) is 0 Å². The van der Waals surface area contributed by atoms with Crippen molar-refractivity contribution < 1.29 is 4.79 Å². The minimum atomic E-state index is 0.741. The van der Waals surface area contributed by atoms with Gasteiger partial charge in [-0.2, -0.15) is 0 Å². The molecule has 0 rings (SSSR count). The summed E-state index contributed by atoms with van der Waals surface area (Å²) in [6.45, 7) is 4.58. The van der Waals surface area contributed by atoms with Crippen molar-refractivity contribution in [2.75, 3.05) is 13.1 Å². The van der Waals surface area contributed by atoms with Crippen molar-refractivity contribution in [2.45, 2.75) is 71.1 Å². The van der Waals surface area contributed by atoms with Crippen molar-refractivity contribution in [3.8, 4) is 0 Å². The summed E-state index contributed by atoms with van der Waals surface area (Å²) < 4.78 is 0. The second-order valence-corrected chi connectivity index (χ2v) is 4.53. The lowest BCUT2D eigenvalue weighted by Gasteiger charge is -2.04. The van der Waals surface area contributed by atoms with Gasteiger partial charge in [0, 0.05) is 6.42 Å². The minimum Gasteiger partial charge on any atom is -0.317 e. The Morgan fingerprint density at radius 1 is 0.812 bits per heavy atom. The van der Waals surface area contributed by atoms with Gasteiger partial charge in [-0.1, -0.05) is 45.4 Å². The van der Waals surface area contributed by atoms with E-state index in [1.54, 1.807) is 0 Å². The zero-order valence-electron chi connectivity index (χ0n) is 11.0. The fourth-order valence-corrected chi connectivity index (χ4v) is 1.81. The van der Waals surface area contributed by atoms with E-state index in [-0.39, 0.29) is 0 Å². The van der Waals surface area contributed by atoms with Crippen LogP contribution in [0.15, 0.2) is 0 Å². The van der Waals surface area contributed by atoms with E-state index in [1.807, 2.05) is 0 Å².